The van der Waals surface area contributed by atoms with Crippen LogP contribution in [0.15, 0.2) is 45.7 Å². The Kier molecular flexibility index (Phi) is 4.94. The quantitative estimate of drug-likeness (QED) is 0.376. The number of rotatable bonds is 6. The zero-order valence-electron chi connectivity index (χ0n) is 16.4. The molecule has 4 aromatic heterocycles. The van der Waals surface area contributed by atoms with Gasteiger partial charge in [0.15, 0.2) is 10.5 Å². The van der Waals surface area contributed by atoms with E-state index in [-0.39, 0.29) is 5.88 Å². The van der Waals surface area contributed by atoms with Gasteiger partial charge < -0.3 is 9.52 Å². The standard InChI is InChI=1S/C20H17BrN8O2/c1-2-3-15-13(19(30)24-20-22-10-23-29(15)20)8-11-4-6-12(7-5-11)17-14(9-16(21)31-17)18-25-27-28-26-18/h4-7,9-10H,2-3,8H2,1H3,(H,22,23,24,30)(H,25,26,27,28). The number of nitrogens with one attached hydrogen (secondary N) is 1. The molecule has 0 amide bonds. The Balaban J connectivity index is 1.49. The van der Waals surface area contributed by atoms with E-state index in [1.54, 1.807) is 4.52 Å². The van der Waals surface area contributed by atoms with Crippen LogP contribution in [0.1, 0.15) is 30.2 Å². The van der Waals surface area contributed by atoms with Crippen LogP contribution in [-0.2, 0) is 12.8 Å². The Hall–Kier alpha value is -3.60. The summed E-state index contributed by atoms with van der Waals surface area (Å²) in [4.78, 5) is 8.28. The van der Waals surface area contributed by atoms with E-state index in [9.17, 15) is 5.11 Å². The third-order valence-corrected chi connectivity index (χ3v) is 5.39. The van der Waals surface area contributed by atoms with E-state index in [1.165, 1.54) is 6.33 Å². The predicted molar refractivity (Wildman–Crippen MR) is 114 cm³/mol. The van der Waals surface area contributed by atoms with Gasteiger partial charge in [-0.1, -0.05) is 37.6 Å². The fourth-order valence-corrected chi connectivity index (χ4v) is 3.99. The van der Waals surface area contributed by atoms with Crippen molar-refractivity contribution in [3.05, 3.63) is 58.1 Å². The largest absolute Gasteiger partial charge is 0.493 e. The molecule has 0 fully saturated rings. The summed E-state index contributed by atoms with van der Waals surface area (Å²) in [6.07, 6.45) is 3.64. The molecule has 0 aliphatic heterocycles. The molecule has 0 bridgehead atoms. The molecule has 0 aliphatic rings. The Bertz CT molecular complexity index is 1340. The van der Waals surface area contributed by atoms with E-state index in [1.807, 2.05) is 30.3 Å². The Labute approximate surface area is 184 Å². The second-order valence-electron chi connectivity index (χ2n) is 7.00. The predicted octanol–water partition coefficient (Wildman–Crippen LogP) is 3.58. The Morgan fingerprint density at radius 3 is 2.81 bits per heavy atom. The van der Waals surface area contributed by atoms with Crippen LogP contribution in [0.3, 0.4) is 0 Å². The van der Waals surface area contributed by atoms with Gasteiger partial charge in [0, 0.05) is 23.6 Å². The van der Waals surface area contributed by atoms with E-state index < -0.39 is 0 Å². The van der Waals surface area contributed by atoms with Gasteiger partial charge in [-0.2, -0.15) is 15.1 Å². The van der Waals surface area contributed by atoms with Crippen molar-refractivity contribution in [2.75, 3.05) is 0 Å². The number of halogens is 1. The monoisotopic (exact) mass is 480 g/mol. The van der Waals surface area contributed by atoms with Crippen LogP contribution in [0.5, 0.6) is 5.88 Å². The summed E-state index contributed by atoms with van der Waals surface area (Å²) in [5, 5.41) is 28.8. The van der Waals surface area contributed by atoms with Gasteiger partial charge in [0.25, 0.3) is 5.78 Å². The summed E-state index contributed by atoms with van der Waals surface area (Å²) < 4.78 is 8.11. The zero-order chi connectivity index (χ0) is 21.4. The maximum Gasteiger partial charge on any atom is 0.255 e. The normalized spacial score (nSPS) is 11.4. The molecule has 0 radical (unpaired) electrons. The number of aromatic hydroxyl groups is 1. The van der Waals surface area contributed by atoms with Crippen molar-refractivity contribution in [2.45, 2.75) is 26.2 Å². The lowest BCUT2D eigenvalue weighted by atomic mass is 10.00. The molecule has 1 aromatic carbocycles. The van der Waals surface area contributed by atoms with Crippen molar-refractivity contribution >= 4 is 21.7 Å². The molecular weight excluding hydrogens is 464 g/mol. The van der Waals surface area contributed by atoms with Crippen molar-refractivity contribution in [2.24, 2.45) is 0 Å². The Morgan fingerprint density at radius 1 is 1.23 bits per heavy atom. The number of furan rings is 1. The van der Waals surface area contributed by atoms with Crippen LogP contribution >= 0.6 is 15.9 Å². The topological polar surface area (TPSA) is 131 Å². The van der Waals surface area contributed by atoms with Gasteiger partial charge in [0.2, 0.25) is 5.88 Å². The highest BCUT2D eigenvalue weighted by Crippen LogP contribution is 2.35. The van der Waals surface area contributed by atoms with E-state index in [0.29, 0.717) is 28.5 Å². The summed E-state index contributed by atoms with van der Waals surface area (Å²) in [7, 11) is 0. The number of benzene rings is 1. The first-order valence-corrected chi connectivity index (χ1v) is 10.5. The lowest BCUT2D eigenvalue weighted by molar-refractivity contribution is 0.444. The molecule has 31 heavy (non-hydrogen) atoms. The number of aromatic amines is 1. The fourth-order valence-electron chi connectivity index (χ4n) is 3.60. The van der Waals surface area contributed by atoms with Gasteiger partial charge >= 0.3 is 0 Å². The van der Waals surface area contributed by atoms with Gasteiger partial charge in [-0.05, 0) is 38.3 Å². The molecule has 2 N–H and O–H groups in total. The molecular formula is C20H17BrN8O2. The van der Waals surface area contributed by atoms with E-state index >= 15 is 0 Å². The van der Waals surface area contributed by atoms with E-state index in [0.717, 1.165) is 40.8 Å². The van der Waals surface area contributed by atoms with Crippen molar-refractivity contribution in [1.82, 2.24) is 40.2 Å². The highest BCUT2D eigenvalue weighted by Gasteiger charge is 2.18. The Morgan fingerprint density at radius 2 is 2.06 bits per heavy atom. The molecule has 0 saturated heterocycles. The average molecular weight is 481 g/mol. The van der Waals surface area contributed by atoms with Gasteiger partial charge in [-0.3, -0.25) is 0 Å². The first-order valence-electron chi connectivity index (χ1n) is 9.67. The van der Waals surface area contributed by atoms with Crippen LogP contribution in [0.25, 0.3) is 28.5 Å². The number of aromatic nitrogens is 8. The summed E-state index contributed by atoms with van der Waals surface area (Å²) in [5.74, 6) is 1.56. The molecule has 5 rings (SSSR count). The van der Waals surface area contributed by atoms with Crippen LogP contribution in [0.2, 0.25) is 0 Å². The van der Waals surface area contributed by atoms with Crippen molar-refractivity contribution in [3.63, 3.8) is 0 Å². The minimum atomic E-state index is -0.0110. The van der Waals surface area contributed by atoms with E-state index in [4.69, 9.17) is 4.42 Å². The van der Waals surface area contributed by atoms with Crippen LogP contribution in [0, 0.1) is 0 Å². The first-order chi connectivity index (χ1) is 15.1. The molecule has 4 heterocycles. The number of nitrogens with zero attached hydrogens (tertiary/aromatic N) is 7. The number of H-pyrrole nitrogens is 1. The number of aryl methyl sites for hydroxylation is 1. The van der Waals surface area contributed by atoms with Gasteiger partial charge in [0.1, 0.15) is 12.1 Å². The molecule has 10 nitrogen and oxygen atoms in total. The SMILES string of the molecule is CCCc1c(Cc2ccc(-c3oc(Br)cc3-c3nnn[nH]3)cc2)c(O)nc2ncnn12. The lowest BCUT2D eigenvalue weighted by Gasteiger charge is -2.12. The lowest BCUT2D eigenvalue weighted by Crippen LogP contribution is -2.07. The van der Waals surface area contributed by atoms with Crippen LogP contribution in [-0.4, -0.2) is 45.3 Å². The molecule has 0 saturated carbocycles. The fraction of sp³-hybridized carbons (Fsp3) is 0.200. The molecule has 0 atom stereocenters. The third-order valence-electron chi connectivity index (χ3n) is 5.00. The maximum absolute atomic E-state index is 10.5. The molecule has 5 aromatic rings. The zero-order valence-corrected chi connectivity index (χ0v) is 18.0. The van der Waals surface area contributed by atoms with E-state index in [2.05, 4.69) is 58.5 Å². The molecule has 0 aliphatic carbocycles. The number of hydrogen-bond acceptors (Lipinski definition) is 8. The summed E-state index contributed by atoms with van der Waals surface area (Å²) in [6.45, 7) is 2.09. The molecule has 156 valence electrons. The summed E-state index contributed by atoms with van der Waals surface area (Å²) >= 11 is 3.37. The molecule has 0 unspecified atom stereocenters. The van der Waals surface area contributed by atoms with Gasteiger partial charge in [-0.25, -0.2) is 9.61 Å². The highest BCUT2D eigenvalue weighted by molar-refractivity contribution is 9.10. The van der Waals surface area contributed by atoms with Crippen molar-refractivity contribution in [1.29, 1.82) is 0 Å². The van der Waals surface area contributed by atoms with Crippen molar-refractivity contribution in [3.8, 4) is 28.6 Å². The minimum Gasteiger partial charge on any atom is -0.493 e. The smallest absolute Gasteiger partial charge is 0.255 e. The summed E-state index contributed by atoms with van der Waals surface area (Å²) in [5.41, 5.74) is 4.33. The van der Waals surface area contributed by atoms with Crippen LogP contribution in [0.4, 0.5) is 0 Å². The first kappa shape index (κ1) is 19.4. The van der Waals surface area contributed by atoms with Gasteiger partial charge in [-0.15, -0.1) is 5.10 Å². The maximum atomic E-state index is 10.5. The highest BCUT2D eigenvalue weighted by atomic mass is 79.9. The second-order valence-corrected chi connectivity index (χ2v) is 7.78. The third kappa shape index (κ3) is 3.56. The van der Waals surface area contributed by atoms with Crippen LogP contribution < -0.4 is 0 Å². The number of fused-ring (bicyclic) bond motifs is 1. The minimum absolute atomic E-state index is 0.0110. The molecule has 11 heteroatoms. The number of hydrogen-bond donors (Lipinski definition) is 2. The number of tetrazole rings is 1. The average Bonchev–Trinajstić information content (AvgIpc) is 3.51. The molecule has 0 spiro atoms. The van der Waals surface area contributed by atoms with Crippen molar-refractivity contribution < 1.29 is 9.52 Å². The van der Waals surface area contributed by atoms with Gasteiger partial charge in [0.05, 0.1) is 11.3 Å². The summed E-state index contributed by atoms with van der Waals surface area (Å²) in [6, 6.07) is 9.74. The second kappa shape index (κ2) is 7.91.